The number of para-hydroxylation sites is 1. The van der Waals surface area contributed by atoms with E-state index >= 15 is 0 Å². The van der Waals surface area contributed by atoms with Crippen LogP contribution in [-0.4, -0.2) is 45.2 Å². The SMILES string of the molecule is Cc1cc(NC(=O)CN2CCC[C@H](C)C2)n(-c2nc3ccccc3s2)n1. The molecule has 0 bridgehead atoms. The number of fused-ring (bicyclic) bond motifs is 1. The number of rotatable bonds is 4. The highest BCUT2D eigenvalue weighted by atomic mass is 32.1. The molecule has 6 nitrogen and oxygen atoms in total. The maximum absolute atomic E-state index is 12.5. The summed E-state index contributed by atoms with van der Waals surface area (Å²) in [6, 6.07) is 9.90. The van der Waals surface area contributed by atoms with Crippen molar-refractivity contribution in [2.45, 2.75) is 26.7 Å². The Hall–Kier alpha value is -2.25. The van der Waals surface area contributed by atoms with Crippen molar-refractivity contribution in [2.24, 2.45) is 5.92 Å². The normalized spacial score (nSPS) is 18.3. The molecule has 0 radical (unpaired) electrons. The molecule has 3 heterocycles. The Bertz CT molecular complexity index is 898. The van der Waals surface area contributed by atoms with Crippen molar-refractivity contribution in [1.29, 1.82) is 0 Å². The molecule has 1 aromatic carbocycles. The van der Waals surface area contributed by atoms with Gasteiger partial charge in [0.15, 0.2) is 0 Å². The first kappa shape index (κ1) is 17.2. The molecular formula is C19H23N5OS. The summed E-state index contributed by atoms with van der Waals surface area (Å²) >= 11 is 1.57. The van der Waals surface area contributed by atoms with Crippen molar-refractivity contribution in [3.63, 3.8) is 0 Å². The minimum atomic E-state index is 0.00126. The highest BCUT2D eigenvalue weighted by molar-refractivity contribution is 7.20. The number of thiazole rings is 1. The third kappa shape index (κ3) is 3.64. The molecule has 1 fully saturated rings. The number of carbonyl (C=O) groups is 1. The van der Waals surface area contributed by atoms with Crippen LogP contribution in [0.15, 0.2) is 30.3 Å². The van der Waals surface area contributed by atoms with E-state index in [-0.39, 0.29) is 5.91 Å². The average Bonchev–Trinajstić information content (AvgIpc) is 3.17. The number of aromatic nitrogens is 3. The molecule has 2 aromatic heterocycles. The summed E-state index contributed by atoms with van der Waals surface area (Å²) in [4.78, 5) is 19.4. The summed E-state index contributed by atoms with van der Waals surface area (Å²) in [7, 11) is 0. The van der Waals surface area contributed by atoms with Gasteiger partial charge in [0.1, 0.15) is 5.82 Å². The van der Waals surface area contributed by atoms with Gasteiger partial charge in [-0.05, 0) is 44.4 Å². The van der Waals surface area contributed by atoms with Crippen molar-refractivity contribution in [2.75, 3.05) is 25.0 Å². The highest BCUT2D eigenvalue weighted by Gasteiger charge is 2.20. The van der Waals surface area contributed by atoms with E-state index in [2.05, 4.69) is 27.2 Å². The number of nitrogens with zero attached hydrogens (tertiary/aromatic N) is 4. The monoisotopic (exact) mass is 369 g/mol. The quantitative estimate of drug-likeness (QED) is 0.765. The summed E-state index contributed by atoms with van der Waals surface area (Å²) < 4.78 is 2.84. The molecule has 4 rings (SSSR count). The molecule has 0 spiro atoms. The lowest BCUT2D eigenvalue weighted by atomic mass is 10.0. The first-order chi connectivity index (χ1) is 12.6. The summed E-state index contributed by atoms with van der Waals surface area (Å²) in [5.41, 5.74) is 1.80. The number of benzene rings is 1. The first-order valence-corrected chi connectivity index (χ1v) is 9.85. The van der Waals surface area contributed by atoms with Crippen LogP contribution < -0.4 is 5.32 Å². The maximum Gasteiger partial charge on any atom is 0.239 e. The van der Waals surface area contributed by atoms with Crippen LogP contribution >= 0.6 is 11.3 Å². The molecule has 3 aromatic rings. The third-order valence-corrected chi connectivity index (χ3v) is 5.68. The second-order valence-electron chi connectivity index (χ2n) is 7.08. The Morgan fingerprint density at radius 3 is 3.04 bits per heavy atom. The molecule has 1 aliphatic rings. The number of aryl methyl sites for hydroxylation is 1. The van der Waals surface area contributed by atoms with Crippen LogP contribution in [0.3, 0.4) is 0 Å². The largest absolute Gasteiger partial charge is 0.309 e. The van der Waals surface area contributed by atoms with E-state index in [1.807, 2.05) is 37.3 Å². The first-order valence-electron chi connectivity index (χ1n) is 9.03. The van der Waals surface area contributed by atoms with Gasteiger partial charge < -0.3 is 5.32 Å². The molecule has 0 unspecified atom stereocenters. The van der Waals surface area contributed by atoms with Crippen LogP contribution in [0.4, 0.5) is 5.82 Å². The third-order valence-electron chi connectivity index (χ3n) is 4.67. The van der Waals surface area contributed by atoms with Crippen LogP contribution in [0.1, 0.15) is 25.5 Å². The fourth-order valence-electron chi connectivity index (χ4n) is 3.50. The molecule has 136 valence electrons. The van der Waals surface area contributed by atoms with Gasteiger partial charge in [-0.25, -0.2) is 4.98 Å². The van der Waals surface area contributed by atoms with Gasteiger partial charge in [-0.3, -0.25) is 9.69 Å². The lowest BCUT2D eigenvalue weighted by Crippen LogP contribution is -2.39. The lowest BCUT2D eigenvalue weighted by Gasteiger charge is -2.30. The minimum Gasteiger partial charge on any atom is -0.309 e. The Morgan fingerprint density at radius 1 is 1.38 bits per heavy atom. The second-order valence-corrected chi connectivity index (χ2v) is 8.09. The lowest BCUT2D eigenvalue weighted by molar-refractivity contribution is -0.117. The zero-order valence-corrected chi connectivity index (χ0v) is 15.9. The zero-order chi connectivity index (χ0) is 18.1. The second kappa shape index (κ2) is 7.17. The van der Waals surface area contributed by atoms with Crippen molar-refractivity contribution >= 4 is 33.3 Å². The summed E-state index contributed by atoms with van der Waals surface area (Å²) in [6.45, 7) is 6.58. The smallest absolute Gasteiger partial charge is 0.239 e. The number of amides is 1. The van der Waals surface area contributed by atoms with Gasteiger partial charge in [-0.2, -0.15) is 9.78 Å². The van der Waals surface area contributed by atoms with E-state index in [0.29, 0.717) is 18.3 Å². The number of piperidine rings is 1. The van der Waals surface area contributed by atoms with Crippen LogP contribution in [0.2, 0.25) is 0 Å². The summed E-state index contributed by atoms with van der Waals surface area (Å²) in [6.07, 6.45) is 2.42. The van der Waals surface area contributed by atoms with E-state index < -0.39 is 0 Å². The van der Waals surface area contributed by atoms with Crippen molar-refractivity contribution in [3.8, 4) is 5.13 Å². The van der Waals surface area contributed by atoms with Crippen LogP contribution in [0.5, 0.6) is 0 Å². The number of carbonyl (C=O) groups excluding carboxylic acids is 1. The van der Waals surface area contributed by atoms with E-state index in [0.717, 1.165) is 40.6 Å². The van der Waals surface area contributed by atoms with E-state index in [1.54, 1.807) is 16.0 Å². The standard InChI is InChI=1S/C19H23N5OS/c1-13-6-5-9-23(11-13)12-18(25)21-17-10-14(2)22-24(17)19-20-15-7-3-4-8-16(15)26-19/h3-4,7-8,10,13H,5-6,9,11-12H2,1-2H3,(H,21,25)/t13-/m0/s1. The summed E-state index contributed by atoms with van der Waals surface area (Å²) in [5, 5.41) is 8.31. The van der Waals surface area contributed by atoms with Gasteiger partial charge in [-0.1, -0.05) is 30.4 Å². The van der Waals surface area contributed by atoms with Gasteiger partial charge in [0.05, 0.1) is 22.5 Å². The fraction of sp³-hybridized carbons (Fsp3) is 0.421. The molecule has 7 heteroatoms. The molecule has 0 saturated carbocycles. The number of hydrogen-bond acceptors (Lipinski definition) is 5. The van der Waals surface area contributed by atoms with Crippen LogP contribution in [0.25, 0.3) is 15.3 Å². The van der Waals surface area contributed by atoms with Crippen molar-refractivity contribution in [3.05, 3.63) is 36.0 Å². The molecule has 1 amide bonds. The fourth-order valence-corrected chi connectivity index (χ4v) is 4.43. The maximum atomic E-state index is 12.5. The summed E-state index contributed by atoms with van der Waals surface area (Å²) in [5.74, 6) is 1.34. The minimum absolute atomic E-state index is 0.00126. The molecule has 26 heavy (non-hydrogen) atoms. The molecular weight excluding hydrogens is 346 g/mol. The van der Waals surface area contributed by atoms with E-state index in [4.69, 9.17) is 0 Å². The van der Waals surface area contributed by atoms with Gasteiger partial charge in [-0.15, -0.1) is 0 Å². The number of anilines is 1. The van der Waals surface area contributed by atoms with E-state index in [9.17, 15) is 4.79 Å². The molecule has 0 aliphatic carbocycles. The molecule has 1 aliphatic heterocycles. The van der Waals surface area contributed by atoms with Gasteiger partial charge in [0.2, 0.25) is 11.0 Å². The molecule has 1 atom stereocenters. The Labute approximate surface area is 156 Å². The predicted molar refractivity (Wildman–Crippen MR) is 105 cm³/mol. The topological polar surface area (TPSA) is 63.1 Å². The van der Waals surface area contributed by atoms with Gasteiger partial charge in [0, 0.05) is 12.6 Å². The Kier molecular flexibility index (Phi) is 4.74. The Morgan fingerprint density at radius 2 is 2.23 bits per heavy atom. The van der Waals surface area contributed by atoms with E-state index in [1.165, 1.54) is 6.42 Å². The number of nitrogens with one attached hydrogen (secondary N) is 1. The van der Waals surface area contributed by atoms with Crippen molar-refractivity contribution in [1.82, 2.24) is 19.7 Å². The Balaban J connectivity index is 1.53. The van der Waals surface area contributed by atoms with Crippen molar-refractivity contribution < 1.29 is 4.79 Å². The van der Waals surface area contributed by atoms with Crippen LogP contribution in [0, 0.1) is 12.8 Å². The predicted octanol–water partition coefficient (Wildman–Crippen LogP) is 3.46. The zero-order valence-electron chi connectivity index (χ0n) is 15.1. The van der Waals surface area contributed by atoms with Gasteiger partial charge >= 0.3 is 0 Å². The average molecular weight is 369 g/mol. The molecule has 1 saturated heterocycles. The number of likely N-dealkylation sites (tertiary alicyclic amines) is 1. The highest BCUT2D eigenvalue weighted by Crippen LogP contribution is 2.27. The number of hydrogen-bond donors (Lipinski definition) is 1. The van der Waals surface area contributed by atoms with Crippen LogP contribution in [-0.2, 0) is 4.79 Å². The molecule has 1 N–H and O–H groups in total. The van der Waals surface area contributed by atoms with Gasteiger partial charge in [0.25, 0.3) is 0 Å².